The Kier molecular flexibility index (Phi) is 4.06. The average Bonchev–Trinajstić information content (AvgIpc) is 2.44. The summed E-state index contributed by atoms with van der Waals surface area (Å²) in [5, 5.41) is 0. The van der Waals surface area contributed by atoms with Gasteiger partial charge in [-0.1, -0.05) is 6.92 Å². The Morgan fingerprint density at radius 2 is 2.15 bits per heavy atom. The summed E-state index contributed by atoms with van der Waals surface area (Å²) in [6.45, 7) is 6.12. The van der Waals surface area contributed by atoms with Gasteiger partial charge in [0.1, 0.15) is 0 Å². The van der Waals surface area contributed by atoms with E-state index in [1.54, 1.807) is 7.11 Å². The van der Waals surface area contributed by atoms with Crippen LogP contribution in [0.3, 0.4) is 0 Å². The van der Waals surface area contributed by atoms with Crippen LogP contribution >= 0.6 is 0 Å². The van der Waals surface area contributed by atoms with Gasteiger partial charge in [0.2, 0.25) is 0 Å². The van der Waals surface area contributed by atoms with E-state index in [-0.39, 0.29) is 0 Å². The molecule has 0 radical (unpaired) electrons. The van der Waals surface area contributed by atoms with Gasteiger partial charge < -0.3 is 17.5 Å². The Labute approximate surface area is 85.0 Å². The molecule has 4 unspecified atom stereocenters. The van der Waals surface area contributed by atoms with Gasteiger partial charge in [-0.15, -0.1) is 0 Å². The van der Waals surface area contributed by atoms with Crippen molar-refractivity contribution in [3.8, 4) is 0 Å². The van der Waals surface area contributed by atoms with Crippen LogP contribution < -0.4 is 0 Å². The molecule has 8 heteroatoms. The maximum Gasteiger partial charge on any atom is 0.478 e. The Morgan fingerprint density at radius 3 is 2.38 bits per heavy atom. The molecule has 0 spiro atoms. The first-order chi connectivity index (χ1) is 6.04. The van der Waals surface area contributed by atoms with Crippen LogP contribution in [-0.4, -0.2) is 45.9 Å². The molecule has 1 fully saturated rings. The molecule has 1 heterocycles. The van der Waals surface area contributed by atoms with Crippen molar-refractivity contribution in [1.29, 1.82) is 0 Å². The molecule has 0 bridgehead atoms. The zero-order chi connectivity index (χ0) is 10.1. The van der Waals surface area contributed by atoms with Gasteiger partial charge in [-0.25, -0.2) is 0 Å². The Balaban J connectivity index is 2.67. The van der Waals surface area contributed by atoms with E-state index in [9.17, 15) is 4.80 Å². The van der Waals surface area contributed by atoms with Gasteiger partial charge in [-0.3, -0.25) is 0 Å². The van der Waals surface area contributed by atoms with Crippen LogP contribution in [0.5, 0.6) is 0 Å². The van der Waals surface area contributed by atoms with E-state index in [2.05, 4.69) is 6.55 Å². The molecule has 1 aliphatic heterocycles. The Morgan fingerprint density at radius 1 is 1.54 bits per heavy atom. The third-order valence-electron chi connectivity index (χ3n) is 2.36. The molecule has 4 atom stereocenters. The lowest BCUT2D eigenvalue weighted by Gasteiger charge is -2.21. The summed E-state index contributed by atoms with van der Waals surface area (Å²) in [5.74, 6) is 0. The van der Waals surface area contributed by atoms with Crippen molar-refractivity contribution in [2.24, 2.45) is 0 Å². The second kappa shape index (κ2) is 4.48. The molecule has 0 aromatic carbocycles. The highest BCUT2D eigenvalue weighted by molar-refractivity contribution is 7.47. The van der Waals surface area contributed by atoms with Gasteiger partial charge in [-0.05, 0) is 13.1 Å². The van der Waals surface area contributed by atoms with Crippen molar-refractivity contribution in [2.75, 3.05) is 7.11 Å². The van der Waals surface area contributed by atoms with E-state index < -0.39 is 34.0 Å². The SMILES string of the molecule is CC[Si]1(OC)O[SiH](C)[SiH]([SiH](C)O)O1. The predicted molar refractivity (Wildman–Crippen MR) is 60.8 cm³/mol. The third-order valence-corrected chi connectivity index (χ3v) is 30.4. The van der Waals surface area contributed by atoms with Crippen molar-refractivity contribution in [3.63, 3.8) is 0 Å². The second-order valence-corrected chi connectivity index (χ2v) is 23.5. The fraction of sp³-hybridized carbons (Fsp3) is 1.00. The summed E-state index contributed by atoms with van der Waals surface area (Å²) in [6.07, 6.45) is 0. The highest BCUT2D eigenvalue weighted by Gasteiger charge is 2.52. The highest BCUT2D eigenvalue weighted by Crippen LogP contribution is 2.25. The molecule has 78 valence electrons. The summed E-state index contributed by atoms with van der Waals surface area (Å²) in [5.41, 5.74) is 0. The molecule has 13 heavy (non-hydrogen) atoms. The molecular weight excluding hydrogens is 236 g/mol. The first-order valence-corrected chi connectivity index (χ1v) is 15.7. The average molecular weight is 255 g/mol. The molecule has 1 N–H and O–H groups in total. The molecule has 4 nitrogen and oxygen atoms in total. The van der Waals surface area contributed by atoms with E-state index in [0.717, 1.165) is 6.04 Å². The number of hydrogen-bond acceptors (Lipinski definition) is 4. The quantitative estimate of drug-likeness (QED) is 0.671. The summed E-state index contributed by atoms with van der Waals surface area (Å²) >= 11 is 0. The van der Waals surface area contributed by atoms with E-state index in [4.69, 9.17) is 12.7 Å². The van der Waals surface area contributed by atoms with Crippen LogP contribution in [0.15, 0.2) is 0 Å². The van der Waals surface area contributed by atoms with Crippen LogP contribution in [0, 0.1) is 0 Å². The van der Waals surface area contributed by atoms with E-state index in [1.807, 2.05) is 13.5 Å². The summed E-state index contributed by atoms with van der Waals surface area (Å²) in [6, 6.07) is 0.839. The van der Waals surface area contributed by atoms with Gasteiger partial charge in [0.15, 0.2) is 25.2 Å². The first kappa shape index (κ1) is 11.8. The molecule has 1 saturated heterocycles. The van der Waals surface area contributed by atoms with Gasteiger partial charge in [-0.2, -0.15) is 0 Å². The minimum absolute atomic E-state index is 0.839. The molecule has 1 rings (SSSR count). The zero-order valence-corrected chi connectivity index (χ0v) is 13.1. The topological polar surface area (TPSA) is 47.9 Å². The van der Waals surface area contributed by atoms with Crippen LogP contribution in [-0.2, 0) is 12.7 Å². The molecule has 0 saturated carbocycles. The molecular formula is C5H18O4Si4. The number of hydrogen-bond donors (Lipinski definition) is 1. The van der Waals surface area contributed by atoms with Crippen LogP contribution in [0.2, 0.25) is 19.1 Å². The van der Waals surface area contributed by atoms with Crippen molar-refractivity contribution in [1.82, 2.24) is 0 Å². The maximum atomic E-state index is 9.64. The Hall–Kier alpha value is 0.708. The fourth-order valence-corrected chi connectivity index (χ4v) is 33.3. The largest absolute Gasteiger partial charge is 0.478 e. The molecule has 1 aliphatic rings. The van der Waals surface area contributed by atoms with Crippen LogP contribution in [0.1, 0.15) is 6.92 Å². The third kappa shape index (κ3) is 2.39. The zero-order valence-electron chi connectivity index (χ0n) is 8.61. The fourth-order valence-electron chi connectivity index (χ4n) is 1.58. The highest BCUT2D eigenvalue weighted by atomic mass is 29.6. The van der Waals surface area contributed by atoms with Crippen molar-refractivity contribution < 1.29 is 17.5 Å². The molecule has 0 aliphatic carbocycles. The predicted octanol–water partition coefficient (Wildman–Crippen LogP) is -0.782. The summed E-state index contributed by atoms with van der Waals surface area (Å²) < 4.78 is 17.2. The minimum atomic E-state index is -2.27. The molecule has 0 aromatic rings. The van der Waals surface area contributed by atoms with Crippen molar-refractivity contribution >= 4 is 34.0 Å². The maximum absolute atomic E-state index is 9.64. The van der Waals surface area contributed by atoms with E-state index >= 15 is 0 Å². The smallest absolute Gasteiger partial charge is 0.436 e. The Bertz CT molecular complexity index is 174. The summed E-state index contributed by atoms with van der Waals surface area (Å²) in [4.78, 5) is 9.64. The second-order valence-electron chi connectivity index (χ2n) is 3.39. The van der Waals surface area contributed by atoms with E-state index in [0.29, 0.717) is 0 Å². The minimum Gasteiger partial charge on any atom is -0.436 e. The van der Waals surface area contributed by atoms with Crippen molar-refractivity contribution in [3.05, 3.63) is 0 Å². The lowest BCUT2D eigenvalue weighted by atomic mass is 11.0. The first-order valence-electron chi connectivity index (χ1n) is 4.63. The standard InChI is InChI=1S/C5H18O4Si4/c1-5-13(7-2)8-11(4)12(9-13)10(3)6/h6,10-12H,5H2,1-4H3. The normalized spacial score (nSPS) is 42.2. The van der Waals surface area contributed by atoms with Crippen molar-refractivity contribution in [2.45, 2.75) is 26.1 Å². The van der Waals surface area contributed by atoms with Gasteiger partial charge >= 0.3 is 8.80 Å². The van der Waals surface area contributed by atoms with E-state index in [1.165, 1.54) is 0 Å². The lowest BCUT2D eigenvalue weighted by Crippen LogP contribution is -2.45. The van der Waals surface area contributed by atoms with Crippen LogP contribution in [0.25, 0.3) is 0 Å². The molecule has 0 amide bonds. The van der Waals surface area contributed by atoms with Gasteiger partial charge in [0.25, 0.3) is 0 Å². The van der Waals surface area contributed by atoms with Crippen LogP contribution in [0.4, 0.5) is 0 Å². The lowest BCUT2D eigenvalue weighted by molar-refractivity contribution is 0.228. The summed E-state index contributed by atoms with van der Waals surface area (Å²) in [7, 11) is -4.77. The monoisotopic (exact) mass is 254 g/mol. The number of rotatable bonds is 3. The van der Waals surface area contributed by atoms with Gasteiger partial charge in [0, 0.05) is 13.2 Å². The van der Waals surface area contributed by atoms with Gasteiger partial charge in [0.05, 0.1) is 0 Å². The molecule has 0 aromatic heterocycles.